The molecule has 1 spiro atoms. The van der Waals surface area contributed by atoms with Crippen LogP contribution in [0, 0.1) is 6.92 Å². The second-order valence-electron chi connectivity index (χ2n) is 8.15. The lowest BCUT2D eigenvalue weighted by Gasteiger charge is -2.35. The van der Waals surface area contributed by atoms with Gasteiger partial charge in [0.25, 0.3) is 5.56 Å². The summed E-state index contributed by atoms with van der Waals surface area (Å²) in [5, 5.41) is 0. The van der Waals surface area contributed by atoms with Crippen molar-refractivity contribution in [3.8, 4) is 5.75 Å². The van der Waals surface area contributed by atoms with Crippen molar-refractivity contribution in [3.05, 3.63) is 93.1 Å². The number of aryl methyl sites for hydroxylation is 1. The summed E-state index contributed by atoms with van der Waals surface area (Å²) in [5.74, 6) is -0.892. The van der Waals surface area contributed by atoms with Crippen molar-refractivity contribution in [2.45, 2.75) is 25.8 Å². The number of anilines is 1. The zero-order valence-electron chi connectivity index (χ0n) is 19.0. The third kappa shape index (κ3) is 2.70. The molecule has 2 aromatic heterocycles. The number of hydrogen-bond donors (Lipinski definition) is 1. The van der Waals surface area contributed by atoms with Crippen LogP contribution in [0.5, 0.6) is 5.75 Å². The number of hydrogen-bond acceptors (Lipinski definition) is 7. The van der Waals surface area contributed by atoms with Gasteiger partial charge in [0.15, 0.2) is 0 Å². The largest absolute Gasteiger partial charge is 0.467 e. The van der Waals surface area contributed by atoms with E-state index in [4.69, 9.17) is 19.6 Å². The number of likely N-dealkylation sites (N-methyl/N-ethyl adjacent to an activating group) is 1. The van der Waals surface area contributed by atoms with Crippen molar-refractivity contribution < 1.29 is 23.5 Å². The molecule has 5 rings (SSSR count). The number of carbonyl (C=O) groups excluding carboxylic acids is 2. The minimum absolute atomic E-state index is 0.0210. The molecule has 34 heavy (non-hydrogen) atoms. The summed E-state index contributed by atoms with van der Waals surface area (Å²) in [6.45, 7) is 4.04. The van der Waals surface area contributed by atoms with Gasteiger partial charge >= 0.3 is 5.97 Å². The van der Waals surface area contributed by atoms with Gasteiger partial charge in [-0.15, -0.1) is 0 Å². The molecule has 0 aliphatic carbocycles. The predicted octanol–water partition coefficient (Wildman–Crippen LogP) is 2.19. The number of rotatable bonds is 4. The summed E-state index contributed by atoms with van der Waals surface area (Å²) in [6.07, 6.45) is 1.52. The average Bonchev–Trinajstić information content (AvgIpc) is 3.41. The van der Waals surface area contributed by atoms with Crippen molar-refractivity contribution in [2.75, 3.05) is 18.6 Å². The van der Waals surface area contributed by atoms with Crippen molar-refractivity contribution in [2.24, 2.45) is 5.73 Å². The van der Waals surface area contributed by atoms with Gasteiger partial charge in [0.05, 0.1) is 25.5 Å². The number of nitrogens with zero attached hydrogens (tertiary/aromatic N) is 2. The Morgan fingerprint density at radius 3 is 2.62 bits per heavy atom. The van der Waals surface area contributed by atoms with E-state index in [1.807, 2.05) is 6.92 Å². The molecule has 174 valence electrons. The topological polar surface area (TPSA) is 117 Å². The van der Waals surface area contributed by atoms with Crippen LogP contribution in [0.15, 0.2) is 69.4 Å². The van der Waals surface area contributed by atoms with Gasteiger partial charge in [0, 0.05) is 29.6 Å². The second-order valence-corrected chi connectivity index (χ2v) is 8.15. The van der Waals surface area contributed by atoms with Crippen LogP contribution in [0.4, 0.5) is 5.69 Å². The summed E-state index contributed by atoms with van der Waals surface area (Å²) in [6, 6.07) is 12.2. The number of para-hydroxylation sites is 1. The number of amides is 1. The standard InChI is InChI=1S/C25H23N3O6/c1-4-27-17-10-6-5-9-16(17)25(24(27)31)19-18(34-21(26)20(25)23(30)32-3)12-14(2)28(22(19)29)13-15-8-7-11-33-15/h5-12H,4,13,26H2,1-3H3/t25-/m1/s1. The highest BCUT2D eigenvalue weighted by molar-refractivity contribution is 6.18. The summed E-state index contributed by atoms with van der Waals surface area (Å²) in [7, 11) is 1.19. The molecule has 1 aromatic carbocycles. The first-order valence-corrected chi connectivity index (χ1v) is 10.8. The predicted molar refractivity (Wildman–Crippen MR) is 122 cm³/mol. The molecular formula is C25H23N3O6. The lowest BCUT2D eigenvalue weighted by atomic mass is 9.68. The molecule has 0 unspecified atom stereocenters. The maximum Gasteiger partial charge on any atom is 0.340 e. The third-order valence-electron chi connectivity index (χ3n) is 6.45. The van der Waals surface area contributed by atoms with E-state index in [1.165, 1.54) is 22.8 Å². The molecule has 1 atom stereocenters. The lowest BCUT2D eigenvalue weighted by Crippen LogP contribution is -2.52. The first-order valence-electron chi connectivity index (χ1n) is 10.8. The second kappa shape index (κ2) is 7.65. The normalized spacial score (nSPS) is 18.7. The van der Waals surface area contributed by atoms with Gasteiger partial charge in [-0.1, -0.05) is 18.2 Å². The van der Waals surface area contributed by atoms with E-state index in [0.717, 1.165) is 0 Å². The molecule has 0 fully saturated rings. The van der Waals surface area contributed by atoms with Gasteiger partial charge < -0.3 is 29.1 Å². The highest BCUT2D eigenvalue weighted by Crippen LogP contribution is 2.54. The van der Waals surface area contributed by atoms with Crippen molar-refractivity contribution in [3.63, 3.8) is 0 Å². The van der Waals surface area contributed by atoms with Gasteiger partial charge in [0.1, 0.15) is 22.5 Å². The molecule has 2 aliphatic heterocycles. The Kier molecular flexibility index (Phi) is 4.85. The maximum atomic E-state index is 14.2. The number of methoxy groups -OCH3 is 1. The zero-order valence-corrected chi connectivity index (χ0v) is 19.0. The highest BCUT2D eigenvalue weighted by Gasteiger charge is 2.62. The van der Waals surface area contributed by atoms with Crippen LogP contribution in [0.2, 0.25) is 0 Å². The van der Waals surface area contributed by atoms with Crippen LogP contribution in [0.3, 0.4) is 0 Å². The summed E-state index contributed by atoms with van der Waals surface area (Å²) in [4.78, 5) is 42.9. The van der Waals surface area contributed by atoms with E-state index in [2.05, 4.69) is 0 Å². The molecule has 1 amide bonds. The molecule has 2 aliphatic rings. The van der Waals surface area contributed by atoms with Crippen LogP contribution in [-0.2, 0) is 26.3 Å². The third-order valence-corrected chi connectivity index (χ3v) is 6.45. The average molecular weight is 461 g/mol. The van der Waals surface area contributed by atoms with Crippen molar-refractivity contribution in [1.29, 1.82) is 0 Å². The van der Waals surface area contributed by atoms with Crippen LogP contribution in [0.25, 0.3) is 0 Å². The number of pyridine rings is 1. The SMILES string of the molecule is CCN1C(=O)[C@]2(C(C(=O)OC)=C(N)Oc3cc(C)n(Cc4ccco4)c(=O)c32)c2ccccc21. The first-order chi connectivity index (χ1) is 16.4. The lowest BCUT2D eigenvalue weighted by molar-refractivity contribution is -0.138. The molecule has 3 aromatic rings. The number of aromatic nitrogens is 1. The Labute approximate surface area is 195 Å². The fraction of sp³-hybridized carbons (Fsp3) is 0.240. The van der Waals surface area contributed by atoms with Gasteiger partial charge in [-0.2, -0.15) is 0 Å². The molecule has 2 N–H and O–H groups in total. The minimum atomic E-state index is -1.81. The van der Waals surface area contributed by atoms with Crippen LogP contribution < -0.4 is 20.9 Å². The van der Waals surface area contributed by atoms with Gasteiger partial charge in [-0.3, -0.25) is 9.59 Å². The highest BCUT2D eigenvalue weighted by atomic mass is 16.5. The fourth-order valence-electron chi connectivity index (χ4n) is 5.01. The number of nitrogens with two attached hydrogens (primary N) is 1. The van der Waals surface area contributed by atoms with Crippen LogP contribution in [0.1, 0.15) is 29.5 Å². The number of ether oxygens (including phenoxy) is 2. The van der Waals surface area contributed by atoms with Crippen molar-refractivity contribution >= 4 is 17.6 Å². The van der Waals surface area contributed by atoms with E-state index in [9.17, 15) is 14.4 Å². The molecule has 0 radical (unpaired) electrons. The molecule has 0 bridgehead atoms. The summed E-state index contributed by atoms with van der Waals surface area (Å²) in [5.41, 5.74) is 5.40. The Morgan fingerprint density at radius 2 is 1.94 bits per heavy atom. The van der Waals surface area contributed by atoms with Gasteiger partial charge in [-0.25, -0.2) is 4.79 Å². The number of fused-ring (bicyclic) bond motifs is 4. The zero-order chi connectivity index (χ0) is 24.2. The molecule has 9 heteroatoms. The number of esters is 1. The van der Waals surface area contributed by atoms with E-state index in [-0.39, 0.29) is 29.3 Å². The first kappa shape index (κ1) is 21.6. The Hall–Kier alpha value is -4.27. The maximum absolute atomic E-state index is 14.2. The molecule has 0 saturated carbocycles. The van der Waals surface area contributed by atoms with Crippen LogP contribution in [-0.4, -0.2) is 30.1 Å². The molecule has 4 heterocycles. The van der Waals surface area contributed by atoms with Gasteiger partial charge in [-0.05, 0) is 32.0 Å². The molecule has 0 saturated heterocycles. The summed E-state index contributed by atoms with van der Waals surface area (Å²) < 4.78 is 17.7. The molecular weight excluding hydrogens is 438 g/mol. The monoisotopic (exact) mass is 461 g/mol. The quantitative estimate of drug-likeness (QED) is 0.592. The van der Waals surface area contributed by atoms with Crippen molar-refractivity contribution in [1.82, 2.24) is 4.57 Å². The van der Waals surface area contributed by atoms with E-state index < -0.39 is 22.9 Å². The Balaban J connectivity index is 1.90. The molecule has 9 nitrogen and oxygen atoms in total. The van der Waals surface area contributed by atoms with Crippen LogP contribution >= 0.6 is 0 Å². The Bertz CT molecular complexity index is 1420. The van der Waals surface area contributed by atoms with E-state index in [1.54, 1.807) is 49.4 Å². The van der Waals surface area contributed by atoms with E-state index >= 15 is 0 Å². The minimum Gasteiger partial charge on any atom is -0.467 e. The van der Waals surface area contributed by atoms with E-state index in [0.29, 0.717) is 29.2 Å². The number of benzene rings is 1. The number of furan rings is 1. The smallest absolute Gasteiger partial charge is 0.340 e. The fourth-order valence-corrected chi connectivity index (χ4v) is 5.01. The Morgan fingerprint density at radius 1 is 1.18 bits per heavy atom. The number of carbonyl (C=O) groups is 2. The van der Waals surface area contributed by atoms with Gasteiger partial charge in [0.2, 0.25) is 11.8 Å². The summed E-state index contributed by atoms with van der Waals surface area (Å²) >= 11 is 0.